The smallest absolute Gasteiger partial charge is 0.387 e. The van der Waals surface area contributed by atoms with Gasteiger partial charge in [-0.15, -0.1) is 0 Å². The van der Waals surface area contributed by atoms with Gasteiger partial charge in [0.2, 0.25) is 5.91 Å². The van der Waals surface area contributed by atoms with Crippen molar-refractivity contribution in [1.82, 2.24) is 4.90 Å². The summed E-state index contributed by atoms with van der Waals surface area (Å²) >= 11 is 1.99. The number of rotatable bonds is 8. The predicted octanol–water partition coefficient (Wildman–Crippen LogP) is 4.81. The second-order valence-corrected chi connectivity index (χ2v) is 8.37. The van der Waals surface area contributed by atoms with Crippen LogP contribution in [-0.2, 0) is 11.3 Å². The zero-order valence-electron chi connectivity index (χ0n) is 17.6. The van der Waals surface area contributed by atoms with E-state index in [0.29, 0.717) is 5.56 Å². The van der Waals surface area contributed by atoms with Crippen LogP contribution in [0.2, 0.25) is 0 Å². The second-order valence-electron chi connectivity index (χ2n) is 7.15. The number of carbonyl (C=O) groups is 1. The Morgan fingerprint density at radius 2 is 1.97 bits per heavy atom. The van der Waals surface area contributed by atoms with Gasteiger partial charge in [0.25, 0.3) is 0 Å². The summed E-state index contributed by atoms with van der Waals surface area (Å²) in [5.74, 6) is 2.18. The van der Waals surface area contributed by atoms with Gasteiger partial charge >= 0.3 is 6.61 Å². The van der Waals surface area contributed by atoms with Crippen molar-refractivity contribution in [3.05, 3.63) is 59.2 Å². The molecule has 1 aliphatic heterocycles. The predicted molar refractivity (Wildman–Crippen MR) is 121 cm³/mol. The fourth-order valence-electron chi connectivity index (χ4n) is 3.31. The maximum absolute atomic E-state index is 12.4. The molecule has 0 atom stereocenters. The molecule has 0 spiro atoms. The number of anilines is 1. The Kier molecular flexibility index (Phi) is 8.31. The number of benzene rings is 2. The van der Waals surface area contributed by atoms with Gasteiger partial charge in [0.1, 0.15) is 0 Å². The molecule has 0 unspecified atom stereocenters. The maximum atomic E-state index is 12.4. The molecule has 0 aliphatic carbocycles. The highest BCUT2D eigenvalue weighted by Gasteiger charge is 2.12. The lowest BCUT2D eigenvalue weighted by molar-refractivity contribution is -0.111. The molecule has 166 valence electrons. The summed E-state index contributed by atoms with van der Waals surface area (Å²) in [5, 5.41) is 2.88. The molecule has 0 saturated carbocycles. The van der Waals surface area contributed by atoms with E-state index in [1.165, 1.54) is 42.4 Å². The van der Waals surface area contributed by atoms with Crippen molar-refractivity contribution >= 4 is 29.4 Å². The summed E-state index contributed by atoms with van der Waals surface area (Å²) in [6.07, 6.45) is 2.98. The summed E-state index contributed by atoms with van der Waals surface area (Å²) in [6.45, 7) is 2.17. The monoisotopic (exact) mass is 448 g/mol. The number of thioether (sulfide) groups is 1. The van der Waals surface area contributed by atoms with Crippen molar-refractivity contribution in [3.8, 4) is 11.5 Å². The molecule has 2 aromatic carbocycles. The minimum atomic E-state index is -2.94. The van der Waals surface area contributed by atoms with E-state index in [-0.39, 0.29) is 17.4 Å². The minimum Gasteiger partial charge on any atom is -0.493 e. The van der Waals surface area contributed by atoms with Gasteiger partial charge in [-0.1, -0.05) is 18.2 Å². The van der Waals surface area contributed by atoms with E-state index in [4.69, 9.17) is 4.74 Å². The molecule has 5 nitrogen and oxygen atoms in total. The number of hydrogen-bond acceptors (Lipinski definition) is 5. The number of aryl methyl sites for hydroxylation is 1. The average molecular weight is 449 g/mol. The number of hydrogen-bond donors (Lipinski definition) is 1. The highest BCUT2D eigenvalue weighted by Crippen LogP contribution is 2.30. The third-order valence-corrected chi connectivity index (χ3v) is 5.83. The van der Waals surface area contributed by atoms with Crippen molar-refractivity contribution in [1.29, 1.82) is 0 Å². The lowest BCUT2D eigenvalue weighted by atomic mass is 10.1. The average Bonchev–Trinajstić information content (AvgIpc) is 2.75. The number of amides is 1. The third kappa shape index (κ3) is 6.97. The van der Waals surface area contributed by atoms with Crippen molar-refractivity contribution in [2.24, 2.45) is 0 Å². The molecule has 1 amide bonds. The quantitative estimate of drug-likeness (QED) is 0.588. The van der Waals surface area contributed by atoms with Crippen molar-refractivity contribution in [2.75, 3.05) is 37.0 Å². The molecule has 8 heteroatoms. The van der Waals surface area contributed by atoms with E-state index in [0.717, 1.165) is 30.9 Å². The van der Waals surface area contributed by atoms with Crippen LogP contribution in [0.4, 0.5) is 14.5 Å². The highest BCUT2D eigenvalue weighted by molar-refractivity contribution is 7.99. The zero-order valence-corrected chi connectivity index (χ0v) is 18.4. The van der Waals surface area contributed by atoms with E-state index in [9.17, 15) is 13.6 Å². The fourth-order valence-corrected chi connectivity index (χ4v) is 4.29. The standard InChI is InChI=1S/C23H26F2N2O3S/c1-16-13-18(15-27-9-11-31-12-10-27)3-6-19(16)26-22(28)8-5-17-4-7-20(30-23(24)25)21(14-17)29-2/h3-8,13-14,23H,9-12,15H2,1-2H3,(H,26,28). The number of carbonyl (C=O) groups excluding carboxylic acids is 1. The Bertz CT molecular complexity index is 931. The van der Waals surface area contributed by atoms with Crippen LogP contribution in [0.1, 0.15) is 16.7 Å². The van der Waals surface area contributed by atoms with Gasteiger partial charge in [0, 0.05) is 42.9 Å². The number of halogens is 2. The Morgan fingerprint density at radius 3 is 2.65 bits per heavy atom. The van der Waals surface area contributed by atoms with Gasteiger partial charge in [0.15, 0.2) is 11.5 Å². The van der Waals surface area contributed by atoms with E-state index in [1.807, 2.05) is 30.8 Å². The number of ether oxygens (including phenoxy) is 2. The summed E-state index contributed by atoms with van der Waals surface area (Å²) < 4.78 is 34.3. The lowest BCUT2D eigenvalue weighted by Gasteiger charge is -2.26. The number of methoxy groups -OCH3 is 1. The van der Waals surface area contributed by atoms with Crippen LogP contribution in [-0.4, -0.2) is 49.1 Å². The molecule has 1 fully saturated rings. The normalized spacial score (nSPS) is 14.7. The van der Waals surface area contributed by atoms with Crippen LogP contribution in [0.25, 0.3) is 6.08 Å². The van der Waals surface area contributed by atoms with Crippen molar-refractivity contribution < 1.29 is 23.0 Å². The van der Waals surface area contributed by atoms with Gasteiger partial charge in [-0.05, 0) is 47.9 Å². The molecule has 2 aromatic rings. The maximum Gasteiger partial charge on any atom is 0.387 e. The summed E-state index contributed by atoms with van der Waals surface area (Å²) in [5.41, 5.74) is 3.61. The molecule has 0 aromatic heterocycles. The van der Waals surface area contributed by atoms with E-state index in [1.54, 1.807) is 12.1 Å². The van der Waals surface area contributed by atoms with Crippen molar-refractivity contribution in [3.63, 3.8) is 0 Å². The summed E-state index contributed by atoms with van der Waals surface area (Å²) in [7, 11) is 1.37. The Hall–Kier alpha value is -2.58. The molecule has 3 rings (SSSR count). The topological polar surface area (TPSA) is 50.8 Å². The van der Waals surface area contributed by atoms with Crippen LogP contribution in [0.15, 0.2) is 42.5 Å². The third-order valence-electron chi connectivity index (χ3n) is 4.89. The van der Waals surface area contributed by atoms with Crippen LogP contribution in [0.5, 0.6) is 11.5 Å². The zero-order chi connectivity index (χ0) is 22.2. The first-order chi connectivity index (χ1) is 14.9. The van der Waals surface area contributed by atoms with Gasteiger partial charge in [-0.25, -0.2) is 0 Å². The first-order valence-electron chi connectivity index (χ1n) is 9.96. The molecule has 0 radical (unpaired) electrons. The molecule has 1 N–H and O–H groups in total. The molecule has 1 aliphatic rings. The highest BCUT2D eigenvalue weighted by atomic mass is 32.2. The molecule has 0 bridgehead atoms. The molecule has 31 heavy (non-hydrogen) atoms. The SMILES string of the molecule is COc1cc(C=CC(=O)Nc2ccc(CN3CCSCC3)cc2C)ccc1OC(F)F. The summed E-state index contributed by atoms with van der Waals surface area (Å²) in [4.78, 5) is 14.8. The van der Waals surface area contributed by atoms with E-state index >= 15 is 0 Å². The first-order valence-corrected chi connectivity index (χ1v) is 11.1. The van der Waals surface area contributed by atoms with Gasteiger partial charge in [-0.2, -0.15) is 20.5 Å². The number of nitrogens with zero attached hydrogens (tertiary/aromatic N) is 1. The van der Waals surface area contributed by atoms with E-state index in [2.05, 4.69) is 21.0 Å². The first kappa shape index (κ1) is 23.1. The van der Waals surface area contributed by atoms with Crippen LogP contribution in [0, 0.1) is 6.92 Å². The van der Waals surface area contributed by atoms with Gasteiger partial charge < -0.3 is 14.8 Å². The largest absolute Gasteiger partial charge is 0.493 e. The molecule has 1 heterocycles. The van der Waals surface area contributed by atoms with Crippen LogP contribution in [0.3, 0.4) is 0 Å². The Morgan fingerprint density at radius 1 is 1.19 bits per heavy atom. The lowest BCUT2D eigenvalue weighted by Crippen LogP contribution is -2.31. The Labute approximate surface area is 185 Å². The fraction of sp³-hybridized carbons (Fsp3) is 0.348. The molecular formula is C23H26F2N2O3S. The Balaban J connectivity index is 1.60. The second kappa shape index (κ2) is 11.2. The minimum absolute atomic E-state index is 0.0573. The van der Waals surface area contributed by atoms with Crippen LogP contribution < -0.4 is 14.8 Å². The molecular weight excluding hydrogens is 422 g/mol. The number of nitrogens with one attached hydrogen (secondary N) is 1. The number of alkyl halides is 2. The summed E-state index contributed by atoms with van der Waals surface area (Å²) in [6, 6.07) is 10.6. The van der Waals surface area contributed by atoms with Crippen molar-refractivity contribution in [2.45, 2.75) is 20.1 Å². The van der Waals surface area contributed by atoms with Crippen LogP contribution >= 0.6 is 11.8 Å². The van der Waals surface area contributed by atoms with Gasteiger partial charge in [-0.3, -0.25) is 9.69 Å². The van der Waals surface area contributed by atoms with Gasteiger partial charge in [0.05, 0.1) is 7.11 Å². The molecule has 1 saturated heterocycles. The van der Waals surface area contributed by atoms with E-state index < -0.39 is 6.61 Å².